The van der Waals surface area contributed by atoms with Gasteiger partial charge in [-0.25, -0.2) is 4.18 Å². The zero-order valence-electron chi connectivity index (χ0n) is 7.30. The third kappa shape index (κ3) is 2.37. The van der Waals surface area contributed by atoms with Gasteiger partial charge in [0.05, 0.1) is 0 Å². The molecule has 1 rings (SSSR count). The van der Waals surface area contributed by atoms with E-state index in [4.69, 9.17) is 4.74 Å². The maximum atomic E-state index is 11.9. The maximum absolute atomic E-state index is 11.9. The average molecular weight is 234 g/mol. The summed E-state index contributed by atoms with van der Waals surface area (Å²) in [5, 5.41) is 0. The Kier molecular flexibility index (Phi) is 2.81. The van der Waals surface area contributed by atoms with Gasteiger partial charge in [0, 0.05) is 19.4 Å². The summed E-state index contributed by atoms with van der Waals surface area (Å²) in [6, 6.07) is 0. The summed E-state index contributed by atoms with van der Waals surface area (Å²) in [4.78, 5) is 0. The van der Waals surface area contributed by atoms with Crippen molar-refractivity contribution in [1.29, 1.82) is 0 Å². The average Bonchev–Trinajstić information content (AvgIpc) is 2.65. The Bertz CT molecular complexity index is 304. The molecule has 0 spiro atoms. The van der Waals surface area contributed by atoms with Crippen LogP contribution in [0.5, 0.6) is 0 Å². The second-order valence-corrected chi connectivity index (χ2v) is 4.36. The van der Waals surface area contributed by atoms with Crippen LogP contribution >= 0.6 is 0 Å². The number of hydrogen-bond acceptors (Lipinski definition) is 4. The van der Waals surface area contributed by atoms with Crippen LogP contribution in [-0.4, -0.2) is 26.3 Å². The topological polar surface area (TPSA) is 52.6 Å². The van der Waals surface area contributed by atoms with E-state index in [9.17, 15) is 21.6 Å². The highest BCUT2D eigenvalue weighted by molar-refractivity contribution is 7.87. The Morgan fingerprint density at radius 1 is 1.36 bits per heavy atom. The molecule has 4 nitrogen and oxygen atoms in total. The molecular formula is C6H9F3O4S. The first-order valence-electron chi connectivity index (χ1n) is 3.88. The van der Waals surface area contributed by atoms with Gasteiger partial charge in [-0.1, -0.05) is 0 Å². The van der Waals surface area contributed by atoms with Crippen LogP contribution in [0.15, 0.2) is 0 Å². The van der Waals surface area contributed by atoms with Gasteiger partial charge in [-0.2, -0.15) is 21.6 Å². The fourth-order valence-electron chi connectivity index (χ4n) is 0.864. The standard InChI is InChI=1S/C6H9F3O4S/c1-2-12-5(3-4-5)13-14(10,11)6(7,8)9/h2-4H2,1H3. The summed E-state index contributed by atoms with van der Waals surface area (Å²) in [6.45, 7) is 1.65. The highest BCUT2D eigenvalue weighted by atomic mass is 32.2. The SMILES string of the molecule is CCOC1(OS(=O)(=O)C(F)(F)F)CC1. The van der Waals surface area contributed by atoms with Crippen molar-refractivity contribution in [3.8, 4) is 0 Å². The minimum atomic E-state index is -5.54. The fraction of sp³-hybridized carbons (Fsp3) is 1.00. The molecular weight excluding hydrogens is 225 g/mol. The molecule has 0 amide bonds. The van der Waals surface area contributed by atoms with Crippen molar-refractivity contribution in [2.75, 3.05) is 6.61 Å². The molecule has 8 heteroatoms. The van der Waals surface area contributed by atoms with E-state index in [2.05, 4.69) is 4.18 Å². The van der Waals surface area contributed by atoms with E-state index in [-0.39, 0.29) is 19.4 Å². The molecule has 0 radical (unpaired) electrons. The molecule has 0 unspecified atom stereocenters. The van der Waals surface area contributed by atoms with Crippen LogP contribution in [0, 0.1) is 0 Å². The molecule has 0 aromatic rings. The van der Waals surface area contributed by atoms with Gasteiger partial charge < -0.3 is 4.74 Å². The van der Waals surface area contributed by atoms with Crippen molar-refractivity contribution in [2.24, 2.45) is 0 Å². The minimum absolute atomic E-state index is 0.105. The van der Waals surface area contributed by atoms with Crippen molar-refractivity contribution < 1.29 is 30.5 Å². The van der Waals surface area contributed by atoms with Crippen LogP contribution in [-0.2, 0) is 19.0 Å². The first kappa shape index (κ1) is 11.7. The lowest BCUT2D eigenvalue weighted by molar-refractivity contribution is -0.119. The molecule has 0 aliphatic heterocycles. The first-order valence-corrected chi connectivity index (χ1v) is 5.29. The highest BCUT2D eigenvalue weighted by Crippen LogP contribution is 2.44. The van der Waals surface area contributed by atoms with E-state index in [1.807, 2.05) is 0 Å². The van der Waals surface area contributed by atoms with Gasteiger partial charge in [0.25, 0.3) is 0 Å². The third-order valence-corrected chi connectivity index (χ3v) is 2.70. The molecule has 1 saturated carbocycles. The van der Waals surface area contributed by atoms with Gasteiger partial charge in [-0.3, -0.25) is 0 Å². The van der Waals surface area contributed by atoms with Gasteiger partial charge in [0.2, 0.25) is 0 Å². The molecule has 0 bridgehead atoms. The van der Waals surface area contributed by atoms with Crippen LogP contribution in [0.25, 0.3) is 0 Å². The number of alkyl halides is 3. The van der Waals surface area contributed by atoms with Crippen LogP contribution in [0.2, 0.25) is 0 Å². The van der Waals surface area contributed by atoms with Crippen LogP contribution < -0.4 is 0 Å². The van der Waals surface area contributed by atoms with Crippen molar-refractivity contribution in [1.82, 2.24) is 0 Å². The first-order chi connectivity index (χ1) is 6.22. The molecule has 1 aliphatic rings. The van der Waals surface area contributed by atoms with E-state index in [0.717, 1.165) is 0 Å². The van der Waals surface area contributed by atoms with Crippen LogP contribution in [0.4, 0.5) is 13.2 Å². The lowest BCUT2D eigenvalue weighted by Crippen LogP contribution is -2.32. The largest absolute Gasteiger partial charge is 0.523 e. The van der Waals surface area contributed by atoms with Gasteiger partial charge in [-0.15, -0.1) is 0 Å². The molecule has 14 heavy (non-hydrogen) atoms. The molecule has 0 saturated heterocycles. The van der Waals surface area contributed by atoms with Gasteiger partial charge >= 0.3 is 15.6 Å². The van der Waals surface area contributed by atoms with Crippen molar-refractivity contribution in [2.45, 2.75) is 31.1 Å². The summed E-state index contributed by atoms with van der Waals surface area (Å²) in [5.41, 5.74) is -5.39. The number of ether oxygens (including phenoxy) is 1. The van der Waals surface area contributed by atoms with Crippen molar-refractivity contribution in [3.05, 3.63) is 0 Å². The molecule has 0 heterocycles. The summed E-state index contributed by atoms with van der Waals surface area (Å²) in [5.74, 6) is -1.57. The Hall–Kier alpha value is -0.340. The number of hydrogen-bond donors (Lipinski definition) is 0. The maximum Gasteiger partial charge on any atom is 0.523 e. The lowest BCUT2D eigenvalue weighted by Gasteiger charge is -2.16. The second-order valence-electron chi connectivity index (χ2n) is 2.83. The normalized spacial score (nSPS) is 20.9. The molecule has 1 aliphatic carbocycles. The Morgan fingerprint density at radius 3 is 2.14 bits per heavy atom. The van der Waals surface area contributed by atoms with E-state index in [1.54, 1.807) is 6.92 Å². The molecule has 0 N–H and O–H groups in total. The third-order valence-electron chi connectivity index (χ3n) is 1.61. The molecule has 84 valence electrons. The Labute approximate surface area is 79.1 Å². The Balaban J connectivity index is 2.70. The predicted octanol–water partition coefficient (Wildman–Crippen LogP) is 1.38. The van der Waals surface area contributed by atoms with Crippen molar-refractivity contribution in [3.63, 3.8) is 0 Å². The zero-order chi connectivity index (χ0) is 11.0. The summed E-state index contributed by atoms with van der Waals surface area (Å²) >= 11 is 0. The lowest BCUT2D eigenvalue weighted by atomic mass is 10.7. The van der Waals surface area contributed by atoms with Gasteiger partial charge in [-0.05, 0) is 6.92 Å². The second kappa shape index (κ2) is 3.35. The van der Waals surface area contributed by atoms with E-state index in [0.29, 0.717) is 0 Å². The predicted molar refractivity (Wildman–Crippen MR) is 39.7 cm³/mol. The van der Waals surface area contributed by atoms with Crippen LogP contribution in [0.1, 0.15) is 19.8 Å². The summed E-state index contributed by atoms with van der Waals surface area (Å²) in [7, 11) is -5.54. The Morgan fingerprint density at radius 2 is 1.86 bits per heavy atom. The van der Waals surface area contributed by atoms with Gasteiger partial charge in [0.1, 0.15) is 0 Å². The van der Waals surface area contributed by atoms with Crippen molar-refractivity contribution >= 4 is 10.1 Å². The summed E-state index contributed by atoms with van der Waals surface area (Å²) in [6.07, 6.45) is 0.326. The quantitative estimate of drug-likeness (QED) is 0.419. The van der Waals surface area contributed by atoms with E-state index >= 15 is 0 Å². The molecule has 0 aromatic heterocycles. The highest BCUT2D eigenvalue weighted by Gasteiger charge is 2.57. The minimum Gasteiger partial charge on any atom is -0.349 e. The number of rotatable bonds is 4. The number of halogens is 3. The van der Waals surface area contributed by atoms with Gasteiger partial charge in [0.15, 0.2) is 5.79 Å². The molecule has 0 atom stereocenters. The molecule has 1 fully saturated rings. The van der Waals surface area contributed by atoms with Crippen LogP contribution in [0.3, 0.4) is 0 Å². The smallest absolute Gasteiger partial charge is 0.349 e. The zero-order valence-corrected chi connectivity index (χ0v) is 8.11. The fourth-order valence-corrected chi connectivity index (χ4v) is 1.57. The summed E-state index contributed by atoms with van der Waals surface area (Å²) < 4.78 is 65.4. The van der Waals surface area contributed by atoms with E-state index < -0.39 is 21.4 Å². The molecule has 0 aromatic carbocycles. The van der Waals surface area contributed by atoms with E-state index in [1.165, 1.54) is 0 Å². The monoisotopic (exact) mass is 234 g/mol.